The first-order valence-corrected chi connectivity index (χ1v) is 4.96. The first-order valence-electron chi connectivity index (χ1n) is 4.96. The number of ether oxygens (including phenoxy) is 1. The number of primary amides is 1. The van der Waals surface area contributed by atoms with Gasteiger partial charge in [-0.05, 0) is 18.6 Å². The van der Waals surface area contributed by atoms with Crippen LogP contribution in [0.1, 0.15) is 12.8 Å². The maximum Gasteiger partial charge on any atom is 0.238 e. The molecule has 0 aromatic carbocycles. The number of pyridine rings is 1. The van der Waals surface area contributed by atoms with Gasteiger partial charge in [0.1, 0.15) is 5.82 Å². The molecule has 0 bridgehead atoms. The van der Waals surface area contributed by atoms with Crippen molar-refractivity contribution >= 4 is 17.4 Å². The zero-order valence-electron chi connectivity index (χ0n) is 9.19. The number of nitrogens with one attached hydrogen (secondary N) is 1. The fourth-order valence-corrected chi connectivity index (χ4v) is 1.19. The standard InChI is InChI=1S/C10H16N4O2/c1-16-10-7(11)4-5-9(14-10)13-6-2-3-8(12)15/h4-5H,2-3,6,11H2,1H3,(H2,12,15)(H,13,14). The highest BCUT2D eigenvalue weighted by molar-refractivity contribution is 5.73. The van der Waals surface area contributed by atoms with E-state index in [1.807, 2.05) is 0 Å². The highest BCUT2D eigenvalue weighted by atomic mass is 16.5. The Labute approximate surface area is 94.0 Å². The smallest absolute Gasteiger partial charge is 0.238 e. The largest absolute Gasteiger partial charge is 0.479 e. The van der Waals surface area contributed by atoms with Crippen molar-refractivity contribution < 1.29 is 9.53 Å². The average molecular weight is 224 g/mol. The summed E-state index contributed by atoms with van der Waals surface area (Å²) in [5.41, 5.74) is 11.1. The molecular weight excluding hydrogens is 208 g/mol. The molecule has 1 aromatic heterocycles. The van der Waals surface area contributed by atoms with Gasteiger partial charge in [-0.1, -0.05) is 0 Å². The molecule has 88 valence electrons. The van der Waals surface area contributed by atoms with Crippen molar-refractivity contribution in [2.24, 2.45) is 5.73 Å². The predicted molar refractivity (Wildman–Crippen MR) is 62.1 cm³/mol. The SMILES string of the molecule is COc1nc(NCCCC(N)=O)ccc1N. The van der Waals surface area contributed by atoms with E-state index >= 15 is 0 Å². The van der Waals surface area contributed by atoms with Crippen molar-refractivity contribution in [1.82, 2.24) is 4.98 Å². The number of nitrogens with zero attached hydrogens (tertiary/aromatic N) is 1. The second-order valence-corrected chi connectivity index (χ2v) is 3.29. The van der Waals surface area contributed by atoms with Crippen LogP contribution in [0.4, 0.5) is 11.5 Å². The molecule has 0 fully saturated rings. The number of nitrogen functional groups attached to an aromatic ring is 1. The van der Waals surface area contributed by atoms with Gasteiger partial charge >= 0.3 is 0 Å². The monoisotopic (exact) mass is 224 g/mol. The summed E-state index contributed by atoms with van der Waals surface area (Å²) in [6.07, 6.45) is 1.03. The summed E-state index contributed by atoms with van der Waals surface area (Å²) in [6, 6.07) is 3.46. The molecule has 1 heterocycles. The van der Waals surface area contributed by atoms with Crippen molar-refractivity contribution in [3.63, 3.8) is 0 Å². The number of methoxy groups -OCH3 is 1. The number of nitrogens with two attached hydrogens (primary N) is 2. The number of carbonyl (C=O) groups is 1. The van der Waals surface area contributed by atoms with Gasteiger partial charge in [-0.3, -0.25) is 4.79 Å². The molecule has 0 radical (unpaired) electrons. The summed E-state index contributed by atoms with van der Waals surface area (Å²) in [4.78, 5) is 14.6. The molecule has 0 unspecified atom stereocenters. The summed E-state index contributed by atoms with van der Waals surface area (Å²) >= 11 is 0. The number of aromatic nitrogens is 1. The van der Waals surface area contributed by atoms with Gasteiger partial charge < -0.3 is 21.5 Å². The fraction of sp³-hybridized carbons (Fsp3) is 0.400. The minimum Gasteiger partial charge on any atom is -0.479 e. The van der Waals surface area contributed by atoms with E-state index in [4.69, 9.17) is 16.2 Å². The van der Waals surface area contributed by atoms with Crippen molar-refractivity contribution in [3.8, 4) is 5.88 Å². The zero-order chi connectivity index (χ0) is 12.0. The van der Waals surface area contributed by atoms with Crippen molar-refractivity contribution in [1.29, 1.82) is 0 Å². The molecule has 0 aliphatic carbocycles. The van der Waals surface area contributed by atoms with Crippen molar-refractivity contribution in [2.75, 3.05) is 24.7 Å². The molecule has 0 aliphatic rings. The number of carbonyl (C=O) groups excluding carboxylic acids is 1. The quantitative estimate of drug-likeness (QED) is 0.605. The van der Waals surface area contributed by atoms with Crippen LogP contribution in [0.2, 0.25) is 0 Å². The van der Waals surface area contributed by atoms with E-state index in [2.05, 4.69) is 10.3 Å². The maximum absolute atomic E-state index is 10.5. The van der Waals surface area contributed by atoms with Gasteiger partial charge in [0.25, 0.3) is 0 Å². The van der Waals surface area contributed by atoms with Gasteiger partial charge in [-0.15, -0.1) is 0 Å². The Morgan fingerprint density at radius 2 is 2.31 bits per heavy atom. The molecule has 0 aliphatic heterocycles. The predicted octanol–water partition coefficient (Wildman–Crippen LogP) is 0.350. The Morgan fingerprint density at radius 1 is 1.56 bits per heavy atom. The van der Waals surface area contributed by atoms with Crippen LogP contribution < -0.4 is 21.5 Å². The zero-order valence-corrected chi connectivity index (χ0v) is 9.19. The number of amides is 1. The van der Waals surface area contributed by atoms with E-state index in [1.165, 1.54) is 7.11 Å². The van der Waals surface area contributed by atoms with Gasteiger partial charge in [0.05, 0.1) is 12.8 Å². The molecule has 5 N–H and O–H groups in total. The molecule has 1 aromatic rings. The van der Waals surface area contributed by atoms with E-state index < -0.39 is 0 Å². The van der Waals surface area contributed by atoms with Crippen molar-refractivity contribution in [3.05, 3.63) is 12.1 Å². The molecule has 0 saturated carbocycles. The molecule has 0 atom stereocenters. The Balaban J connectivity index is 2.45. The number of rotatable bonds is 6. The van der Waals surface area contributed by atoms with Crippen molar-refractivity contribution in [2.45, 2.75) is 12.8 Å². The second kappa shape index (κ2) is 5.79. The normalized spacial score (nSPS) is 9.81. The van der Waals surface area contributed by atoms with E-state index in [0.717, 1.165) is 0 Å². The third-order valence-corrected chi connectivity index (χ3v) is 1.99. The van der Waals surface area contributed by atoms with Gasteiger partial charge in [0.15, 0.2) is 0 Å². The van der Waals surface area contributed by atoms with Crippen LogP contribution in [0.5, 0.6) is 5.88 Å². The van der Waals surface area contributed by atoms with Crippen LogP contribution in [0.15, 0.2) is 12.1 Å². The minimum absolute atomic E-state index is 0.301. The van der Waals surface area contributed by atoms with E-state index in [1.54, 1.807) is 12.1 Å². The third kappa shape index (κ3) is 3.64. The van der Waals surface area contributed by atoms with E-state index in [-0.39, 0.29) is 5.91 Å². The summed E-state index contributed by atoms with van der Waals surface area (Å²) in [7, 11) is 1.51. The van der Waals surface area contributed by atoms with Gasteiger partial charge in [-0.25, -0.2) is 0 Å². The highest BCUT2D eigenvalue weighted by Gasteiger charge is 2.02. The van der Waals surface area contributed by atoms with Crippen LogP contribution in [-0.2, 0) is 4.79 Å². The third-order valence-electron chi connectivity index (χ3n) is 1.99. The molecule has 1 rings (SSSR count). The Morgan fingerprint density at radius 3 is 2.94 bits per heavy atom. The van der Waals surface area contributed by atoms with Crippen LogP contribution in [0.3, 0.4) is 0 Å². The molecule has 0 saturated heterocycles. The summed E-state index contributed by atoms with van der Waals surface area (Å²) in [6.45, 7) is 0.628. The summed E-state index contributed by atoms with van der Waals surface area (Å²) in [5.74, 6) is 0.750. The molecular formula is C10H16N4O2. The number of anilines is 2. The summed E-state index contributed by atoms with van der Waals surface area (Å²) < 4.78 is 4.98. The van der Waals surface area contributed by atoms with Crippen LogP contribution in [0, 0.1) is 0 Å². The first kappa shape index (κ1) is 12.1. The van der Waals surface area contributed by atoms with Gasteiger partial charge in [-0.2, -0.15) is 4.98 Å². The van der Waals surface area contributed by atoms with Gasteiger partial charge in [0, 0.05) is 13.0 Å². The lowest BCUT2D eigenvalue weighted by Gasteiger charge is -2.08. The average Bonchev–Trinajstić information content (AvgIpc) is 2.26. The maximum atomic E-state index is 10.5. The van der Waals surface area contributed by atoms with E-state index in [0.29, 0.717) is 36.8 Å². The lowest BCUT2D eigenvalue weighted by Crippen LogP contribution is -2.13. The fourth-order valence-electron chi connectivity index (χ4n) is 1.19. The first-order chi connectivity index (χ1) is 7.63. The molecule has 16 heavy (non-hydrogen) atoms. The molecule has 0 spiro atoms. The Bertz CT molecular complexity index is 368. The van der Waals surface area contributed by atoms with Crippen LogP contribution >= 0.6 is 0 Å². The second-order valence-electron chi connectivity index (χ2n) is 3.29. The van der Waals surface area contributed by atoms with Crippen LogP contribution in [0.25, 0.3) is 0 Å². The number of hydrogen-bond acceptors (Lipinski definition) is 5. The Kier molecular flexibility index (Phi) is 4.38. The Hall–Kier alpha value is -1.98. The highest BCUT2D eigenvalue weighted by Crippen LogP contribution is 2.19. The summed E-state index contributed by atoms with van der Waals surface area (Å²) in [5, 5.41) is 3.05. The van der Waals surface area contributed by atoms with Crippen LogP contribution in [-0.4, -0.2) is 24.5 Å². The molecule has 1 amide bonds. The lowest BCUT2D eigenvalue weighted by atomic mass is 10.3. The number of hydrogen-bond donors (Lipinski definition) is 3. The lowest BCUT2D eigenvalue weighted by molar-refractivity contribution is -0.118. The van der Waals surface area contributed by atoms with Gasteiger partial charge in [0.2, 0.25) is 11.8 Å². The molecule has 6 nitrogen and oxygen atoms in total. The molecule has 6 heteroatoms. The van der Waals surface area contributed by atoms with E-state index in [9.17, 15) is 4.79 Å². The topological polar surface area (TPSA) is 103 Å². The minimum atomic E-state index is -0.301.